The molecule has 6 heteroatoms. The highest BCUT2D eigenvalue weighted by molar-refractivity contribution is 5.75. The molecule has 0 fully saturated rings. The fourth-order valence-corrected chi connectivity index (χ4v) is 0.928. The molecule has 0 aliphatic rings. The summed E-state index contributed by atoms with van der Waals surface area (Å²) in [7, 11) is 1.48. The summed E-state index contributed by atoms with van der Waals surface area (Å²) in [4.78, 5) is 18.4. The Bertz CT molecular complexity index is 312. The Labute approximate surface area is 80.7 Å². The lowest BCUT2D eigenvalue weighted by Gasteiger charge is -2.07. The van der Waals surface area contributed by atoms with Crippen LogP contribution in [0.2, 0.25) is 0 Å². The molecule has 1 aromatic rings. The minimum atomic E-state index is -1.03. The van der Waals surface area contributed by atoms with Crippen LogP contribution >= 0.6 is 0 Å². The van der Waals surface area contributed by atoms with Gasteiger partial charge in [-0.2, -0.15) is 0 Å². The highest BCUT2D eigenvalue weighted by Crippen LogP contribution is 2.12. The second kappa shape index (κ2) is 4.52. The van der Waals surface area contributed by atoms with Gasteiger partial charge in [-0.1, -0.05) is 0 Å². The average molecular weight is 197 g/mol. The number of methoxy groups -OCH3 is 1. The molecule has 1 heterocycles. The molecule has 0 aliphatic heterocycles. The van der Waals surface area contributed by atoms with E-state index in [1.807, 2.05) is 0 Å². The van der Waals surface area contributed by atoms with E-state index >= 15 is 0 Å². The molecule has 0 amide bonds. The zero-order valence-electron chi connectivity index (χ0n) is 7.67. The van der Waals surface area contributed by atoms with E-state index in [1.165, 1.54) is 19.5 Å². The number of ether oxygens (including phenoxy) is 1. The lowest BCUT2D eigenvalue weighted by molar-refractivity contribution is -0.138. The summed E-state index contributed by atoms with van der Waals surface area (Å²) in [6.07, 6.45) is 2.82. The molecule has 0 radical (unpaired) electrons. The maximum absolute atomic E-state index is 10.7. The maximum atomic E-state index is 10.7. The molecule has 1 aromatic heterocycles. The van der Waals surface area contributed by atoms with Crippen molar-refractivity contribution >= 4 is 5.97 Å². The standard InChI is InChI=1S/C8H11N3O3/c1-14-5-3-10-7(11-4-5)6(2-9)8(12)13/h3-4,6H,2,9H2,1H3,(H,12,13). The molecule has 1 atom stereocenters. The number of hydrogen-bond donors (Lipinski definition) is 2. The van der Waals surface area contributed by atoms with E-state index in [1.54, 1.807) is 0 Å². The number of nitrogens with two attached hydrogens (primary N) is 1. The van der Waals surface area contributed by atoms with Crippen molar-refractivity contribution in [1.82, 2.24) is 9.97 Å². The van der Waals surface area contributed by atoms with Crippen molar-refractivity contribution < 1.29 is 14.6 Å². The van der Waals surface area contributed by atoms with Crippen molar-refractivity contribution in [1.29, 1.82) is 0 Å². The SMILES string of the molecule is COc1cnc(C(CN)C(=O)O)nc1. The maximum Gasteiger partial charge on any atom is 0.315 e. The Morgan fingerprint density at radius 1 is 1.64 bits per heavy atom. The Hall–Kier alpha value is -1.69. The average Bonchev–Trinajstić information content (AvgIpc) is 2.19. The molecule has 0 spiro atoms. The summed E-state index contributed by atoms with van der Waals surface area (Å²) >= 11 is 0. The largest absolute Gasteiger partial charge is 0.494 e. The van der Waals surface area contributed by atoms with Crippen molar-refractivity contribution in [3.05, 3.63) is 18.2 Å². The molecule has 0 saturated heterocycles. The zero-order valence-corrected chi connectivity index (χ0v) is 7.67. The van der Waals surface area contributed by atoms with Crippen LogP contribution < -0.4 is 10.5 Å². The Kier molecular flexibility index (Phi) is 3.35. The van der Waals surface area contributed by atoms with E-state index in [-0.39, 0.29) is 12.4 Å². The third-order valence-electron chi connectivity index (χ3n) is 1.73. The topological polar surface area (TPSA) is 98.3 Å². The second-order valence-electron chi connectivity index (χ2n) is 2.61. The first-order valence-corrected chi connectivity index (χ1v) is 3.97. The van der Waals surface area contributed by atoms with Crippen LogP contribution in [0.5, 0.6) is 5.75 Å². The van der Waals surface area contributed by atoms with Crippen molar-refractivity contribution in [2.45, 2.75) is 5.92 Å². The molecule has 76 valence electrons. The Morgan fingerprint density at radius 3 is 2.57 bits per heavy atom. The molecule has 3 N–H and O–H groups in total. The van der Waals surface area contributed by atoms with Gasteiger partial charge in [-0.05, 0) is 0 Å². The van der Waals surface area contributed by atoms with Gasteiger partial charge in [0.15, 0.2) is 5.75 Å². The number of carbonyl (C=O) groups is 1. The summed E-state index contributed by atoms with van der Waals surface area (Å²) in [6.45, 7) is -0.0261. The monoisotopic (exact) mass is 197 g/mol. The smallest absolute Gasteiger partial charge is 0.315 e. The van der Waals surface area contributed by atoms with Crippen LogP contribution in [0, 0.1) is 0 Å². The first kappa shape index (κ1) is 10.4. The van der Waals surface area contributed by atoms with E-state index in [4.69, 9.17) is 15.6 Å². The third-order valence-corrected chi connectivity index (χ3v) is 1.73. The number of aliphatic carboxylic acids is 1. The van der Waals surface area contributed by atoms with Crippen LogP contribution in [0.25, 0.3) is 0 Å². The van der Waals surface area contributed by atoms with Crippen LogP contribution in [-0.4, -0.2) is 34.7 Å². The van der Waals surface area contributed by atoms with E-state index < -0.39 is 11.9 Å². The lowest BCUT2D eigenvalue weighted by Crippen LogP contribution is -2.23. The normalized spacial score (nSPS) is 12.1. The summed E-state index contributed by atoms with van der Waals surface area (Å²) in [5, 5.41) is 8.76. The summed E-state index contributed by atoms with van der Waals surface area (Å²) in [5.41, 5.74) is 5.28. The van der Waals surface area contributed by atoms with Gasteiger partial charge in [0.25, 0.3) is 0 Å². The molecule has 0 bridgehead atoms. The lowest BCUT2D eigenvalue weighted by atomic mass is 10.1. The molecule has 14 heavy (non-hydrogen) atoms. The minimum absolute atomic E-state index is 0.0261. The Morgan fingerprint density at radius 2 is 2.21 bits per heavy atom. The quantitative estimate of drug-likeness (QED) is 0.682. The van der Waals surface area contributed by atoms with E-state index in [2.05, 4.69) is 9.97 Å². The molecule has 1 unspecified atom stereocenters. The van der Waals surface area contributed by atoms with Gasteiger partial charge < -0.3 is 15.6 Å². The number of aromatic nitrogens is 2. The van der Waals surface area contributed by atoms with Crippen molar-refractivity contribution in [3.63, 3.8) is 0 Å². The van der Waals surface area contributed by atoms with E-state index in [9.17, 15) is 4.79 Å². The minimum Gasteiger partial charge on any atom is -0.494 e. The van der Waals surface area contributed by atoms with Gasteiger partial charge in [0.05, 0.1) is 19.5 Å². The van der Waals surface area contributed by atoms with Crippen molar-refractivity contribution in [2.24, 2.45) is 5.73 Å². The molecule has 0 aliphatic carbocycles. The van der Waals surface area contributed by atoms with Gasteiger partial charge >= 0.3 is 5.97 Å². The first-order chi connectivity index (χ1) is 6.69. The van der Waals surface area contributed by atoms with E-state index in [0.29, 0.717) is 5.75 Å². The van der Waals surface area contributed by atoms with Crippen LogP contribution in [0.15, 0.2) is 12.4 Å². The molecular formula is C8H11N3O3. The number of rotatable bonds is 4. The van der Waals surface area contributed by atoms with Crippen molar-refractivity contribution in [2.75, 3.05) is 13.7 Å². The van der Waals surface area contributed by atoms with Gasteiger partial charge in [0.1, 0.15) is 11.7 Å². The second-order valence-corrected chi connectivity index (χ2v) is 2.61. The fraction of sp³-hybridized carbons (Fsp3) is 0.375. The van der Waals surface area contributed by atoms with Gasteiger partial charge in [0, 0.05) is 6.54 Å². The number of carboxylic acids is 1. The van der Waals surface area contributed by atoms with Crippen LogP contribution in [-0.2, 0) is 4.79 Å². The van der Waals surface area contributed by atoms with Crippen LogP contribution in [0.3, 0.4) is 0 Å². The fourth-order valence-electron chi connectivity index (χ4n) is 0.928. The predicted octanol–water partition coefficient (Wildman–Crippen LogP) is -0.388. The highest BCUT2D eigenvalue weighted by atomic mass is 16.5. The van der Waals surface area contributed by atoms with Crippen LogP contribution in [0.1, 0.15) is 11.7 Å². The van der Waals surface area contributed by atoms with Gasteiger partial charge in [0.2, 0.25) is 0 Å². The molecule has 1 rings (SSSR count). The number of carboxylic acid groups (broad SMARTS) is 1. The van der Waals surface area contributed by atoms with E-state index in [0.717, 1.165) is 0 Å². The summed E-state index contributed by atoms with van der Waals surface area (Å²) in [5.74, 6) is -1.21. The first-order valence-electron chi connectivity index (χ1n) is 3.97. The predicted molar refractivity (Wildman–Crippen MR) is 48.0 cm³/mol. The summed E-state index contributed by atoms with van der Waals surface area (Å²) < 4.78 is 4.84. The molecule has 0 aromatic carbocycles. The third kappa shape index (κ3) is 2.17. The summed E-state index contributed by atoms with van der Waals surface area (Å²) in [6, 6.07) is 0. The van der Waals surface area contributed by atoms with Crippen LogP contribution in [0.4, 0.5) is 0 Å². The molecule has 0 saturated carbocycles. The van der Waals surface area contributed by atoms with Gasteiger partial charge in [-0.15, -0.1) is 0 Å². The van der Waals surface area contributed by atoms with Gasteiger partial charge in [-0.3, -0.25) is 4.79 Å². The highest BCUT2D eigenvalue weighted by Gasteiger charge is 2.20. The van der Waals surface area contributed by atoms with Crippen molar-refractivity contribution in [3.8, 4) is 5.75 Å². The molecule has 6 nitrogen and oxygen atoms in total. The number of nitrogens with zero attached hydrogens (tertiary/aromatic N) is 2. The molecular weight excluding hydrogens is 186 g/mol. The zero-order chi connectivity index (χ0) is 10.6. The van der Waals surface area contributed by atoms with Gasteiger partial charge in [-0.25, -0.2) is 9.97 Å². The number of hydrogen-bond acceptors (Lipinski definition) is 5. The Balaban J connectivity index is 2.89.